The van der Waals surface area contributed by atoms with Crippen molar-refractivity contribution in [3.8, 4) is 31.1 Å². The second-order valence-corrected chi connectivity index (χ2v) is 7.95. The molecule has 0 saturated heterocycles. The van der Waals surface area contributed by atoms with Gasteiger partial charge in [0.15, 0.2) is 0 Å². The maximum absolute atomic E-state index is 2.36. The minimum absolute atomic E-state index is 0.307. The third-order valence-corrected chi connectivity index (χ3v) is 6.42. The van der Waals surface area contributed by atoms with Gasteiger partial charge in [-0.1, -0.05) is 0 Å². The Bertz CT molecular complexity index is 790. The third-order valence-electron chi connectivity index (χ3n) is 4.02. The van der Waals surface area contributed by atoms with Gasteiger partial charge in [-0.05, 0) is 0 Å². The van der Waals surface area contributed by atoms with E-state index in [2.05, 4.69) is 103 Å². The van der Waals surface area contributed by atoms with Gasteiger partial charge in [-0.25, -0.2) is 0 Å². The Morgan fingerprint density at radius 1 is 0.375 bits per heavy atom. The summed E-state index contributed by atoms with van der Waals surface area (Å²) >= 11 is 0.307. The van der Waals surface area contributed by atoms with Crippen LogP contribution < -0.4 is 0 Å². The Balaban J connectivity index is 1.92. The van der Waals surface area contributed by atoms with Crippen molar-refractivity contribution in [3.05, 3.63) is 103 Å². The van der Waals surface area contributed by atoms with Crippen LogP contribution in [0.1, 0.15) is 0 Å². The van der Waals surface area contributed by atoms with E-state index < -0.39 is 0 Å². The van der Waals surface area contributed by atoms with Gasteiger partial charge in [0.05, 0.1) is 0 Å². The molecule has 1 heteroatoms. The van der Waals surface area contributed by atoms with Crippen molar-refractivity contribution >= 4 is 14.5 Å². The van der Waals surface area contributed by atoms with Gasteiger partial charge in [0.1, 0.15) is 0 Å². The van der Waals surface area contributed by atoms with E-state index in [1.165, 1.54) is 31.1 Å². The zero-order valence-electron chi connectivity index (χ0n) is 13.2. The molecule has 114 valence electrons. The fourth-order valence-electron chi connectivity index (χ4n) is 2.79. The molecule has 24 heavy (non-hydrogen) atoms. The molecule has 1 heterocycles. The second kappa shape index (κ2) is 6.96. The summed E-state index contributed by atoms with van der Waals surface area (Å²) in [6.07, 6.45) is 0. The average Bonchev–Trinajstić information content (AvgIpc) is 2.70. The molecule has 0 atom stereocenters. The predicted molar refractivity (Wildman–Crippen MR) is 104 cm³/mol. The van der Waals surface area contributed by atoms with Crippen LogP contribution in [0.3, 0.4) is 0 Å². The summed E-state index contributed by atoms with van der Waals surface area (Å²) in [6.45, 7) is 0. The van der Waals surface area contributed by atoms with Crippen molar-refractivity contribution in [1.29, 1.82) is 0 Å². The molecule has 0 spiro atoms. The van der Waals surface area contributed by atoms with Crippen LogP contribution in [-0.2, 0) is 0 Å². The quantitative estimate of drug-likeness (QED) is 0.386. The monoisotopic (exact) mass is 373 g/mol. The molecule has 0 aliphatic rings. The van der Waals surface area contributed by atoms with Crippen LogP contribution in [0.4, 0.5) is 0 Å². The summed E-state index contributed by atoms with van der Waals surface area (Å²) in [6, 6.07) is 36.9. The minimum atomic E-state index is 0.307. The van der Waals surface area contributed by atoms with E-state index in [1.807, 2.05) is 0 Å². The van der Waals surface area contributed by atoms with Crippen molar-refractivity contribution in [2.45, 2.75) is 0 Å². The number of hydrogen-bond acceptors (Lipinski definition) is 0. The molecule has 0 radical (unpaired) electrons. The van der Waals surface area contributed by atoms with E-state index in [0.717, 1.165) is 0 Å². The van der Waals surface area contributed by atoms with Gasteiger partial charge in [0.25, 0.3) is 0 Å². The maximum atomic E-state index is 2.36. The Hall–Kier alpha value is -2.47. The van der Waals surface area contributed by atoms with Crippen LogP contribution in [0.5, 0.6) is 0 Å². The summed E-state index contributed by atoms with van der Waals surface area (Å²) in [4.78, 5) is 0. The van der Waals surface area contributed by atoms with Crippen molar-refractivity contribution < 1.29 is 0 Å². The molecule has 0 unspecified atom stereocenters. The van der Waals surface area contributed by atoms with Crippen molar-refractivity contribution in [3.63, 3.8) is 0 Å². The summed E-state index contributed by atoms with van der Waals surface area (Å²) in [5.74, 6) is 0. The average molecular weight is 372 g/mol. The molecule has 0 aliphatic heterocycles. The number of hydrogen-bond donors (Lipinski definition) is 0. The molecule has 3 aromatic carbocycles. The first-order valence-corrected chi connectivity index (χ1v) is 9.76. The van der Waals surface area contributed by atoms with Gasteiger partial charge in [-0.3, -0.25) is 0 Å². The SMILES string of the molecule is c1ccc(-c2cc(-c3ccccc3)[se+]c(-c3ccccc3)c2)cc1. The second-order valence-electron chi connectivity index (χ2n) is 5.67. The molecule has 0 nitrogen and oxygen atoms in total. The van der Waals surface area contributed by atoms with E-state index in [4.69, 9.17) is 0 Å². The van der Waals surface area contributed by atoms with E-state index in [0.29, 0.717) is 14.5 Å². The molecule has 0 N–H and O–H groups in total. The first-order valence-electron chi connectivity index (χ1n) is 8.04. The normalized spacial score (nSPS) is 10.5. The van der Waals surface area contributed by atoms with Crippen LogP contribution in [0.25, 0.3) is 31.1 Å². The van der Waals surface area contributed by atoms with E-state index in [9.17, 15) is 0 Å². The Kier molecular flexibility index (Phi) is 4.38. The van der Waals surface area contributed by atoms with Crippen LogP contribution in [0.2, 0.25) is 0 Å². The Morgan fingerprint density at radius 2 is 0.750 bits per heavy atom. The van der Waals surface area contributed by atoms with Crippen LogP contribution >= 0.6 is 0 Å². The first-order chi connectivity index (χ1) is 11.9. The van der Waals surface area contributed by atoms with Gasteiger partial charge in [-0.2, -0.15) is 0 Å². The van der Waals surface area contributed by atoms with Crippen LogP contribution in [-0.4, -0.2) is 14.5 Å². The van der Waals surface area contributed by atoms with E-state index >= 15 is 0 Å². The summed E-state index contributed by atoms with van der Waals surface area (Å²) in [5.41, 5.74) is 5.22. The van der Waals surface area contributed by atoms with Gasteiger partial charge in [0, 0.05) is 0 Å². The van der Waals surface area contributed by atoms with Crippen molar-refractivity contribution in [2.24, 2.45) is 0 Å². The van der Waals surface area contributed by atoms with Gasteiger partial charge in [0.2, 0.25) is 0 Å². The summed E-state index contributed by atoms with van der Waals surface area (Å²) in [5, 5.41) is 0. The van der Waals surface area contributed by atoms with E-state index in [-0.39, 0.29) is 0 Å². The zero-order chi connectivity index (χ0) is 16.2. The first kappa shape index (κ1) is 15.1. The standard InChI is InChI=1S/C23H17Se/c1-4-10-18(11-5-1)21-16-22(19-12-6-2-7-13-19)24-23(17-21)20-14-8-3-9-15-20/h1-17H/q+1. The Morgan fingerprint density at radius 3 is 1.17 bits per heavy atom. The fourth-order valence-corrected chi connectivity index (χ4v) is 5.13. The molecular formula is C23H17Se+. The third kappa shape index (κ3) is 3.23. The molecular weight excluding hydrogens is 355 g/mol. The number of benzene rings is 3. The molecule has 0 aliphatic carbocycles. The fraction of sp³-hybridized carbons (Fsp3) is 0. The van der Waals surface area contributed by atoms with E-state index in [1.54, 1.807) is 0 Å². The molecule has 0 saturated carbocycles. The molecule has 4 rings (SSSR count). The van der Waals surface area contributed by atoms with Gasteiger partial charge >= 0.3 is 149 Å². The van der Waals surface area contributed by atoms with Crippen LogP contribution in [0.15, 0.2) is 103 Å². The molecule has 0 fully saturated rings. The van der Waals surface area contributed by atoms with Crippen molar-refractivity contribution in [1.82, 2.24) is 0 Å². The molecule has 4 aromatic rings. The molecule has 1 aromatic heterocycles. The topological polar surface area (TPSA) is 0 Å². The van der Waals surface area contributed by atoms with Gasteiger partial charge in [-0.15, -0.1) is 0 Å². The van der Waals surface area contributed by atoms with Gasteiger partial charge < -0.3 is 0 Å². The summed E-state index contributed by atoms with van der Waals surface area (Å²) in [7, 11) is 0. The Labute approximate surface area is 148 Å². The molecule has 0 bridgehead atoms. The van der Waals surface area contributed by atoms with Crippen LogP contribution in [0, 0.1) is 0 Å². The number of rotatable bonds is 3. The van der Waals surface area contributed by atoms with Crippen molar-refractivity contribution in [2.75, 3.05) is 0 Å². The summed E-state index contributed by atoms with van der Waals surface area (Å²) < 4.78 is 2.87. The molecule has 0 amide bonds. The predicted octanol–water partition coefficient (Wildman–Crippen LogP) is 6.03. The zero-order valence-corrected chi connectivity index (χ0v) is 14.9.